The molecular formula is C30H36N8O2. The number of nitrogens with one attached hydrogen (secondary N) is 4. The fourth-order valence-electron chi connectivity index (χ4n) is 4.53. The summed E-state index contributed by atoms with van der Waals surface area (Å²) in [4.78, 5) is 37.8. The summed E-state index contributed by atoms with van der Waals surface area (Å²) in [5.74, 6) is 0.260. The van der Waals surface area contributed by atoms with Gasteiger partial charge in [-0.1, -0.05) is 54.6 Å². The number of hydrogen-bond donors (Lipinski definition) is 6. The van der Waals surface area contributed by atoms with Crippen molar-refractivity contribution >= 4 is 28.5 Å². The fraction of sp³-hybridized carbons (Fsp3) is 0.267. The maximum absolute atomic E-state index is 13.4. The Labute approximate surface area is 233 Å². The summed E-state index contributed by atoms with van der Waals surface area (Å²) in [6, 6.07) is 20.3. The molecule has 40 heavy (non-hydrogen) atoms. The molecular weight excluding hydrogens is 504 g/mol. The minimum atomic E-state index is -0.756. The van der Waals surface area contributed by atoms with Gasteiger partial charge in [-0.25, -0.2) is 4.98 Å². The molecule has 10 heteroatoms. The molecule has 0 unspecified atom stereocenters. The number of aromatic amines is 1. The second kappa shape index (κ2) is 13.9. The summed E-state index contributed by atoms with van der Waals surface area (Å²) >= 11 is 0. The van der Waals surface area contributed by atoms with Crippen LogP contribution in [0.3, 0.4) is 0 Å². The van der Waals surface area contributed by atoms with Crippen LogP contribution in [0.5, 0.6) is 0 Å². The Hall–Kier alpha value is -4.70. The first-order chi connectivity index (χ1) is 19.4. The molecule has 0 aliphatic rings. The van der Waals surface area contributed by atoms with Crippen molar-refractivity contribution in [1.82, 2.24) is 25.9 Å². The summed E-state index contributed by atoms with van der Waals surface area (Å²) in [6.07, 6.45) is 4.40. The minimum Gasteiger partial charge on any atom is -0.370 e. The van der Waals surface area contributed by atoms with E-state index in [4.69, 9.17) is 11.5 Å². The number of aliphatic imine (C=N–C) groups is 1. The van der Waals surface area contributed by atoms with E-state index in [2.05, 4.69) is 30.9 Å². The molecule has 4 aromatic rings. The van der Waals surface area contributed by atoms with Gasteiger partial charge in [-0.3, -0.25) is 14.6 Å². The molecule has 0 bridgehead atoms. The molecule has 2 amide bonds. The molecule has 0 aliphatic heterocycles. The van der Waals surface area contributed by atoms with Crippen LogP contribution < -0.4 is 27.4 Å². The van der Waals surface area contributed by atoms with Crippen LogP contribution in [0.4, 0.5) is 0 Å². The topological polar surface area (TPSA) is 163 Å². The number of carbonyl (C=O) groups excluding carboxylic acids is 2. The lowest BCUT2D eigenvalue weighted by molar-refractivity contribution is -0.123. The van der Waals surface area contributed by atoms with Crippen molar-refractivity contribution in [3.05, 3.63) is 102 Å². The van der Waals surface area contributed by atoms with E-state index in [0.29, 0.717) is 38.0 Å². The smallest absolute Gasteiger partial charge is 0.251 e. The van der Waals surface area contributed by atoms with Crippen LogP contribution in [0, 0.1) is 0 Å². The molecule has 3 aromatic carbocycles. The molecule has 1 aromatic heterocycles. The van der Waals surface area contributed by atoms with E-state index in [1.807, 2.05) is 61.5 Å². The largest absolute Gasteiger partial charge is 0.370 e. The SMILES string of the molecule is C[C@H](NC(=O)[C@H](CCCN=C(N)N)NC(=O)c1ccc(CNCc2ncc[nH]2)cc1)c1cccc2ccccc12. The molecule has 0 radical (unpaired) electrons. The standard InChI is InChI=1S/C30H36N8O2/c1-20(24-9-4-7-22-6-2-3-8-25(22)24)37-29(40)26(10-5-15-36-30(31)32)38-28(39)23-13-11-21(12-14-23)18-33-19-27-34-16-17-35-27/h2-4,6-9,11-14,16-17,20,26,33H,5,10,15,18-19H2,1H3,(H,34,35)(H,37,40)(H,38,39)(H4,31,32,36)/t20-,26-/m0/s1. The molecule has 2 atom stereocenters. The van der Waals surface area contributed by atoms with Gasteiger partial charge >= 0.3 is 0 Å². The number of guanidine groups is 1. The van der Waals surface area contributed by atoms with Crippen molar-refractivity contribution in [3.63, 3.8) is 0 Å². The molecule has 1 heterocycles. The zero-order valence-corrected chi connectivity index (χ0v) is 22.6. The van der Waals surface area contributed by atoms with E-state index in [0.717, 1.165) is 27.7 Å². The van der Waals surface area contributed by atoms with Gasteiger partial charge in [-0.15, -0.1) is 0 Å². The molecule has 208 valence electrons. The van der Waals surface area contributed by atoms with Crippen molar-refractivity contribution in [2.75, 3.05) is 6.54 Å². The first-order valence-electron chi connectivity index (χ1n) is 13.3. The first kappa shape index (κ1) is 28.3. The summed E-state index contributed by atoms with van der Waals surface area (Å²) in [5.41, 5.74) is 13.4. The van der Waals surface area contributed by atoms with Crippen LogP contribution in [-0.2, 0) is 17.9 Å². The Morgan fingerprint density at radius 2 is 1.75 bits per heavy atom. The van der Waals surface area contributed by atoms with Crippen molar-refractivity contribution in [1.29, 1.82) is 0 Å². The van der Waals surface area contributed by atoms with Gasteiger partial charge in [-0.05, 0) is 53.8 Å². The normalized spacial score (nSPS) is 12.4. The highest BCUT2D eigenvalue weighted by atomic mass is 16.2. The quantitative estimate of drug-likeness (QED) is 0.0867. The van der Waals surface area contributed by atoms with Crippen molar-refractivity contribution in [2.45, 2.75) is 44.9 Å². The van der Waals surface area contributed by atoms with Gasteiger partial charge in [0, 0.05) is 31.0 Å². The number of carbonyl (C=O) groups is 2. The third-order valence-corrected chi connectivity index (χ3v) is 6.61. The lowest BCUT2D eigenvalue weighted by Gasteiger charge is -2.22. The number of nitrogens with zero attached hydrogens (tertiary/aromatic N) is 2. The van der Waals surface area contributed by atoms with Crippen LogP contribution in [0.1, 0.15) is 53.1 Å². The number of H-pyrrole nitrogens is 1. The molecule has 0 saturated heterocycles. The van der Waals surface area contributed by atoms with Gasteiger partial charge < -0.3 is 32.4 Å². The van der Waals surface area contributed by atoms with Crippen LogP contribution in [-0.4, -0.2) is 40.3 Å². The number of nitrogens with two attached hydrogens (primary N) is 2. The van der Waals surface area contributed by atoms with Crippen LogP contribution in [0.2, 0.25) is 0 Å². The zero-order chi connectivity index (χ0) is 28.3. The van der Waals surface area contributed by atoms with E-state index >= 15 is 0 Å². The lowest BCUT2D eigenvalue weighted by Crippen LogP contribution is -2.47. The monoisotopic (exact) mass is 540 g/mol. The van der Waals surface area contributed by atoms with Gasteiger partial charge in [0.05, 0.1) is 12.6 Å². The highest BCUT2D eigenvalue weighted by Crippen LogP contribution is 2.24. The summed E-state index contributed by atoms with van der Waals surface area (Å²) in [5, 5.41) is 11.5. The van der Waals surface area contributed by atoms with E-state index in [-0.39, 0.29) is 23.8 Å². The predicted octanol–water partition coefficient (Wildman–Crippen LogP) is 2.88. The van der Waals surface area contributed by atoms with Crippen LogP contribution in [0.15, 0.2) is 84.1 Å². The molecule has 10 nitrogen and oxygen atoms in total. The molecule has 0 fully saturated rings. The fourth-order valence-corrected chi connectivity index (χ4v) is 4.53. The molecule has 8 N–H and O–H groups in total. The van der Waals surface area contributed by atoms with Gasteiger partial charge in [0.15, 0.2) is 5.96 Å². The maximum atomic E-state index is 13.4. The molecule has 0 aliphatic carbocycles. The molecule has 0 saturated carbocycles. The predicted molar refractivity (Wildman–Crippen MR) is 157 cm³/mol. The maximum Gasteiger partial charge on any atom is 0.251 e. The summed E-state index contributed by atoms with van der Waals surface area (Å²) in [6.45, 7) is 3.55. The van der Waals surface area contributed by atoms with Crippen LogP contribution >= 0.6 is 0 Å². The third-order valence-electron chi connectivity index (χ3n) is 6.61. The second-order valence-electron chi connectivity index (χ2n) is 9.61. The second-order valence-corrected chi connectivity index (χ2v) is 9.61. The Morgan fingerprint density at radius 1 is 0.975 bits per heavy atom. The number of amides is 2. The molecule has 4 rings (SSSR count). The third kappa shape index (κ3) is 7.90. The average Bonchev–Trinajstić information content (AvgIpc) is 3.48. The summed E-state index contributed by atoms with van der Waals surface area (Å²) in [7, 11) is 0. The van der Waals surface area contributed by atoms with E-state index in [1.54, 1.807) is 24.5 Å². The van der Waals surface area contributed by atoms with Gasteiger partial charge in [0.1, 0.15) is 11.9 Å². The van der Waals surface area contributed by atoms with Gasteiger partial charge in [0.25, 0.3) is 5.91 Å². The molecule has 0 spiro atoms. The Balaban J connectivity index is 1.40. The Bertz CT molecular complexity index is 1420. The number of fused-ring (bicyclic) bond motifs is 1. The Morgan fingerprint density at radius 3 is 2.50 bits per heavy atom. The Kier molecular flexibility index (Phi) is 9.84. The van der Waals surface area contributed by atoms with E-state index in [9.17, 15) is 9.59 Å². The van der Waals surface area contributed by atoms with E-state index < -0.39 is 6.04 Å². The van der Waals surface area contributed by atoms with Crippen molar-refractivity contribution in [3.8, 4) is 0 Å². The minimum absolute atomic E-state index is 0.00615. The number of hydrogen-bond acceptors (Lipinski definition) is 5. The number of rotatable bonds is 13. The average molecular weight is 541 g/mol. The highest BCUT2D eigenvalue weighted by Gasteiger charge is 2.23. The highest BCUT2D eigenvalue weighted by molar-refractivity contribution is 5.97. The van der Waals surface area contributed by atoms with Crippen molar-refractivity contribution < 1.29 is 9.59 Å². The van der Waals surface area contributed by atoms with Crippen molar-refractivity contribution in [2.24, 2.45) is 16.5 Å². The van der Waals surface area contributed by atoms with Crippen LogP contribution in [0.25, 0.3) is 10.8 Å². The van der Waals surface area contributed by atoms with Gasteiger partial charge in [-0.2, -0.15) is 0 Å². The van der Waals surface area contributed by atoms with Gasteiger partial charge in [0.2, 0.25) is 5.91 Å². The number of aromatic nitrogens is 2. The first-order valence-corrected chi connectivity index (χ1v) is 13.3. The number of imidazole rings is 1. The lowest BCUT2D eigenvalue weighted by atomic mass is 9.99. The number of benzene rings is 3. The summed E-state index contributed by atoms with van der Waals surface area (Å²) < 4.78 is 0. The zero-order valence-electron chi connectivity index (χ0n) is 22.6. The van der Waals surface area contributed by atoms with E-state index in [1.165, 1.54) is 0 Å².